The Balaban J connectivity index is 1.65. The van der Waals surface area contributed by atoms with Crippen LogP contribution < -0.4 is 0 Å². The number of sulfone groups is 1. The quantitative estimate of drug-likeness (QED) is 0.774. The largest absolute Gasteiger partial charge is 0.297 e. The van der Waals surface area contributed by atoms with Crippen LogP contribution in [0.25, 0.3) is 0 Å². The molecule has 0 amide bonds. The number of piperazine rings is 1. The second-order valence-electron chi connectivity index (χ2n) is 5.95. The molecule has 1 aromatic carbocycles. The van der Waals surface area contributed by atoms with Crippen molar-refractivity contribution in [2.45, 2.75) is 17.4 Å². The van der Waals surface area contributed by atoms with E-state index in [1.165, 1.54) is 16.4 Å². The molecule has 2 heterocycles. The number of hydrogen-bond acceptors (Lipinski definition) is 5. The number of benzene rings is 1. The standard InChI is InChI=1S/C14H19FN2O4S2/c15-12-1-3-14(4-2-12)23(20,21)17-8-6-16(7-9-17)13-5-10-22(18,19)11-13/h1-4,13H,5-11H2. The summed E-state index contributed by atoms with van der Waals surface area (Å²) in [7, 11) is -6.57. The van der Waals surface area contributed by atoms with Crippen molar-refractivity contribution in [2.24, 2.45) is 0 Å². The summed E-state index contributed by atoms with van der Waals surface area (Å²) in [5.41, 5.74) is 0. The van der Waals surface area contributed by atoms with Crippen molar-refractivity contribution in [1.82, 2.24) is 9.21 Å². The predicted octanol–water partition coefficient (Wildman–Crippen LogP) is 0.319. The molecule has 2 saturated heterocycles. The third-order valence-electron chi connectivity index (χ3n) is 4.45. The Morgan fingerprint density at radius 1 is 1.04 bits per heavy atom. The highest BCUT2D eigenvalue weighted by molar-refractivity contribution is 7.91. The van der Waals surface area contributed by atoms with Crippen LogP contribution in [0.2, 0.25) is 0 Å². The smallest absolute Gasteiger partial charge is 0.243 e. The molecule has 23 heavy (non-hydrogen) atoms. The summed E-state index contributed by atoms with van der Waals surface area (Å²) in [4.78, 5) is 2.14. The molecule has 0 saturated carbocycles. The fourth-order valence-electron chi connectivity index (χ4n) is 3.13. The van der Waals surface area contributed by atoms with E-state index in [-0.39, 0.29) is 22.4 Å². The molecule has 2 fully saturated rings. The van der Waals surface area contributed by atoms with Gasteiger partial charge in [0.2, 0.25) is 10.0 Å². The van der Waals surface area contributed by atoms with Gasteiger partial charge in [-0.25, -0.2) is 21.2 Å². The van der Waals surface area contributed by atoms with E-state index in [9.17, 15) is 21.2 Å². The minimum atomic E-state index is -3.63. The third kappa shape index (κ3) is 3.57. The summed E-state index contributed by atoms with van der Waals surface area (Å²) in [6.45, 7) is 1.66. The maximum atomic E-state index is 12.9. The summed E-state index contributed by atoms with van der Waals surface area (Å²) in [6, 6.07) is 4.79. The van der Waals surface area contributed by atoms with E-state index in [1.54, 1.807) is 0 Å². The van der Waals surface area contributed by atoms with Gasteiger partial charge in [0.1, 0.15) is 5.82 Å². The first-order valence-electron chi connectivity index (χ1n) is 7.48. The molecule has 1 unspecified atom stereocenters. The van der Waals surface area contributed by atoms with Gasteiger partial charge in [0.05, 0.1) is 16.4 Å². The Morgan fingerprint density at radius 2 is 1.65 bits per heavy atom. The van der Waals surface area contributed by atoms with Gasteiger partial charge < -0.3 is 0 Å². The first kappa shape index (κ1) is 16.8. The van der Waals surface area contributed by atoms with E-state index in [4.69, 9.17) is 0 Å². The summed E-state index contributed by atoms with van der Waals surface area (Å²) in [6.07, 6.45) is 0.618. The highest BCUT2D eigenvalue weighted by Gasteiger charge is 2.36. The molecule has 0 N–H and O–H groups in total. The lowest BCUT2D eigenvalue weighted by Gasteiger charge is -2.36. The maximum absolute atomic E-state index is 12.9. The first-order valence-corrected chi connectivity index (χ1v) is 10.7. The Kier molecular flexibility index (Phi) is 4.47. The topological polar surface area (TPSA) is 74.8 Å². The number of sulfonamides is 1. The van der Waals surface area contributed by atoms with E-state index >= 15 is 0 Å². The molecule has 0 bridgehead atoms. The molecule has 6 nitrogen and oxygen atoms in total. The predicted molar refractivity (Wildman–Crippen MR) is 83.8 cm³/mol. The van der Waals surface area contributed by atoms with E-state index in [0.29, 0.717) is 32.6 Å². The van der Waals surface area contributed by atoms with Crippen LogP contribution in [0.15, 0.2) is 29.2 Å². The van der Waals surface area contributed by atoms with Crippen LogP contribution in [0.4, 0.5) is 4.39 Å². The number of nitrogens with zero attached hydrogens (tertiary/aromatic N) is 2. The van der Waals surface area contributed by atoms with Crippen molar-refractivity contribution in [1.29, 1.82) is 0 Å². The van der Waals surface area contributed by atoms with Gasteiger partial charge in [-0.05, 0) is 30.7 Å². The lowest BCUT2D eigenvalue weighted by molar-refractivity contribution is 0.148. The Hall–Kier alpha value is -1.03. The van der Waals surface area contributed by atoms with E-state index in [2.05, 4.69) is 4.90 Å². The third-order valence-corrected chi connectivity index (χ3v) is 8.11. The lowest BCUT2D eigenvalue weighted by Crippen LogP contribution is -2.52. The van der Waals surface area contributed by atoms with Crippen LogP contribution in [0.5, 0.6) is 0 Å². The van der Waals surface area contributed by atoms with Gasteiger partial charge in [-0.3, -0.25) is 4.90 Å². The average Bonchev–Trinajstić information content (AvgIpc) is 2.88. The summed E-state index contributed by atoms with van der Waals surface area (Å²) in [5, 5.41) is 0. The van der Waals surface area contributed by atoms with E-state index in [0.717, 1.165) is 12.1 Å². The molecule has 0 aromatic heterocycles. The Morgan fingerprint density at radius 3 is 2.17 bits per heavy atom. The van der Waals surface area contributed by atoms with Crippen molar-refractivity contribution in [3.8, 4) is 0 Å². The van der Waals surface area contributed by atoms with Crippen molar-refractivity contribution in [3.05, 3.63) is 30.1 Å². The minimum Gasteiger partial charge on any atom is -0.297 e. The lowest BCUT2D eigenvalue weighted by atomic mass is 10.2. The summed E-state index contributed by atoms with van der Waals surface area (Å²) >= 11 is 0. The minimum absolute atomic E-state index is 0.00400. The molecule has 2 aliphatic heterocycles. The Bertz CT molecular complexity index is 770. The van der Waals surface area contributed by atoms with Crippen LogP contribution >= 0.6 is 0 Å². The molecule has 0 radical (unpaired) electrons. The highest BCUT2D eigenvalue weighted by Crippen LogP contribution is 2.22. The zero-order valence-electron chi connectivity index (χ0n) is 12.6. The average molecular weight is 362 g/mol. The number of rotatable bonds is 3. The second-order valence-corrected chi connectivity index (χ2v) is 10.1. The van der Waals surface area contributed by atoms with Crippen molar-refractivity contribution in [2.75, 3.05) is 37.7 Å². The highest BCUT2D eigenvalue weighted by atomic mass is 32.2. The molecule has 9 heteroatoms. The van der Waals surface area contributed by atoms with Gasteiger partial charge >= 0.3 is 0 Å². The van der Waals surface area contributed by atoms with Crippen LogP contribution in [0, 0.1) is 5.82 Å². The second kappa shape index (κ2) is 6.12. The molecule has 0 spiro atoms. The van der Waals surface area contributed by atoms with Crippen molar-refractivity contribution >= 4 is 19.9 Å². The van der Waals surface area contributed by atoms with E-state index in [1.807, 2.05) is 0 Å². The van der Waals surface area contributed by atoms with Crippen LogP contribution in [0.1, 0.15) is 6.42 Å². The van der Waals surface area contributed by atoms with Gasteiger partial charge in [-0.15, -0.1) is 0 Å². The fourth-order valence-corrected chi connectivity index (χ4v) is 6.31. The summed E-state index contributed by atoms with van der Waals surface area (Å²) in [5.74, 6) is -0.0973. The Labute approximate surface area is 135 Å². The van der Waals surface area contributed by atoms with Crippen molar-refractivity contribution in [3.63, 3.8) is 0 Å². The fraction of sp³-hybridized carbons (Fsp3) is 0.571. The van der Waals surface area contributed by atoms with Gasteiger partial charge in [0.15, 0.2) is 9.84 Å². The monoisotopic (exact) mass is 362 g/mol. The molecule has 1 atom stereocenters. The van der Waals surface area contributed by atoms with Crippen LogP contribution in [0.3, 0.4) is 0 Å². The molecule has 128 valence electrons. The number of hydrogen-bond donors (Lipinski definition) is 0. The molecular formula is C14H19FN2O4S2. The zero-order valence-corrected chi connectivity index (χ0v) is 14.2. The van der Waals surface area contributed by atoms with Gasteiger partial charge in [0.25, 0.3) is 0 Å². The first-order chi connectivity index (χ1) is 10.8. The normalized spacial score (nSPS) is 26.4. The van der Waals surface area contributed by atoms with Gasteiger partial charge in [-0.1, -0.05) is 0 Å². The van der Waals surface area contributed by atoms with Crippen LogP contribution in [-0.2, 0) is 19.9 Å². The zero-order chi connectivity index (χ0) is 16.7. The molecule has 1 aromatic rings. The summed E-state index contributed by atoms with van der Waals surface area (Å²) < 4.78 is 62.5. The number of halogens is 1. The molecule has 3 rings (SSSR count). The molecule has 2 aliphatic rings. The SMILES string of the molecule is O=S1(=O)CCC(N2CCN(S(=O)(=O)c3ccc(F)cc3)CC2)C1. The van der Waals surface area contributed by atoms with E-state index < -0.39 is 25.7 Å². The van der Waals surface area contributed by atoms with Gasteiger partial charge in [-0.2, -0.15) is 4.31 Å². The maximum Gasteiger partial charge on any atom is 0.243 e. The molecular weight excluding hydrogens is 343 g/mol. The van der Waals surface area contributed by atoms with Crippen molar-refractivity contribution < 1.29 is 21.2 Å². The van der Waals surface area contributed by atoms with Crippen LogP contribution in [-0.4, -0.2) is 69.8 Å². The van der Waals surface area contributed by atoms with Gasteiger partial charge in [0, 0.05) is 32.2 Å². The molecule has 0 aliphatic carbocycles.